The Hall–Kier alpha value is -2.16. The molecule has 1 aromatic heterocycles. The maximum atomic E-state index is 11.3. The number of methoxy groups -OCH3 is 1. The zero-order valence-electron chi connectivity index (χ0n) is 9.81. The molecule has 0 radical (unpaired) electrons. The van der Waals surface area contributed by atoms with Gasteiger partial charge in [0.25, 0.3) is 0 Å². The maximum absolute atomic E-state index is 11.3. The van der Waals surface area contributed by atoms with Crippen LogP contribution in [-0.4, -0.2) is 17.9 Å². The SMILES string of the molecule is COc1cccnc1-c1cccc(C(C)=O)c1. The number of hydrogen-bond donors (Lipinski definition) is 0. The summed E-state index contributed by atoms with van der Waals surface area (Å²) in [6.07, 6.45) is 1.71. The van der Waals surface area contributed by atoms with Crippen LogP contribution in [0.4, 0.5) is 0 Å². The summed E-state index contributed by atoms with van der Waals surface area (Å²) in [7, 11) is 1.61. The number of carbonyl (C=O) groups is 1. The van der Waals surface area contributed by atoms with Crippen LogP contribution in [0.3, 0.4) is 0 Å². The summed E-state index contributed by atoms with van der Waals surface area (Å²) in [5.41, 5.74) is 2.31. The molecule has 0 N–H and O–H groups in total. The number of aromatic nitrogens is 1. The second-order valence-electron chi connectivity index (χ2n) is 3.69. The predicted octanol–water partition coefficient (Wildman–Crippen LogP) is 2.96. The van der Waals surface area contributed by atoms with Gasteiger partial charge in [-0.3, -0.25) is 9.78 Å². The molecule has 0 spiro atoms. The molecule has 2 rings (SSSR count). The number of pyridine rings is 1. The van der Waals surface area contributed by atoms with Crippen LogP contribution in [-0.2, 0) is 0 Å². The summed E-state index contributed by atoms with van der Waals surface area (Å²) >= 11 is 0. The van der Waals surface area contributed by atoms with Gasteiger partial charge in [0.15, 0.2) is 5.78 Å². The quantitative estimate of drug-likeness (QED) is 0.757. The van der Waals surface area contributed by atoms with Crippen molar-refractivity contribution in [3.05, 3.63) is 48.2 Å². The average Bonchev–Trinajstić information content (AvgIpc) is 2.39. The van der Waals surface area contributed by atoms with Gasteiger partial charge < -0.3 is 4.74 Å². The number of hydrogen-bond acceptors (Lipinski definition) is 3. The highest BCUT2D eigenvalue weighted by atomic mass is 16.5. The van der Waals surface area contributed by atoms with Gasteiger partial charge in [-0.05, 0) is 25.1 Å². The Morgan fingerprint density at radius 2 is 2.06 bits per heavy atom. The highest BCUT2D eigenvalue weighted by Gasteiger charge is 2.08. The van der Waals surface area contributed by atoms with Gasteiger partial charge in [0.2, 0.25) is 0 Å². The fraction of sp³-hybridized carbons (Fsp3) is 0.143. The lowest BCUT2D eigenvalue weighted by Gasteiger charge is -2.07. The minimum absolute atomic E-state index is 0.0433. The molecule has 0 atom stereocenters. The van der Waals surface area contributed by atoms with Gasteiger partial charge in [-0.1, -0.05) is 18.2 Å². The summed E-state index contributed by atoms with van der Waals surface area (Å²) in [6, 6.07) is 11.0. The van der Waals surface area contributed by atoms with Crippen LogP contribution < -0.4 is 4.74 Å². The van der Waals surface area contributed by atoms with E-state index in [1.54, 1.807) is 26.3 Å². The molecule has 3 nitrogen and oxygen atoms in total. The molecule has 0 amide bonds. The Balaban J connectivity index is 2.52. The van der Waals surface area contributed by atoms with Gasteiger partial charge in [-0.15, -0.1) is 0 Å². The van der Waals surface area contributed by atoms with E-state index in [9.17, 15) is 4.79 Å². The fourth-order valence-electron chi connectivity index (χ4n) is 1.66. The molecule has 0 fully saturated rings. The molecular weight excluding hydrogens is 214 g/mol. The van der Waals surface area contributed by atoms with Gasteiger partial charge in [0.1, 0.15) is 11.4 Å². The molecule has 0 aliphatic heterocycles. The second kappa shape index (κ2) is 4.78. The molecule has 2 aromatic rings. The Morgan fingerprint density at radius 1 is 1.24 bits per heavy atom. The molecule has 1 heterocycles. The van der Waals surface area contributed by atoms with Gasteiger partial charge in [0.05, 0.1) is 7.11 Å². The van der Waals surface area contributed by atoms with Crippen LogP contribution in [0.5, 0.6) is 5.75 Å². The van der Waals surface area contributed by atoms with Gasteiger partial charge >= 0.3 is 0 Å². The smallest absolute Gasteiger partial charge is 0.159 e. The Kier molecular flexibility index (Phi) is 3.19. The topological polar surface area (TPSA) is 39.2 Å². The van der Waals surface area contributed by atoms with Crippen molar-refractivity contribution in [3.8, 4) is 17.0 Å². The van der Waals surface area contributed by atoms with Crippen molar-refractivity contribution in [1.29, 1.82) is 0 Å². The summed E-state index contributed by atoms with van der Waals surface area (Å²) < 4.78 is 5.25. The van der Waals surface area contributed by atoms with E-state index < -0.39 is 0 Å². The first-order valence-corrected chi connectivity index (χ1v) is 5.33. The van der Waals surface area contributed by atoms with Crippen molar-refractivity contribution in [1.82, 2.24) is 4.98 Å². The van der Waals surface area contributed by atoms with E-state index in [2.05, 4.69) is 4.98 Å². The molecule has 1 aromatic carbocycles. The summed E-state index contributed by atoms with van der Waals surface area (Å²) in [6.45, 7) is 1.55. The summed E-state index contributed by atoms with van der Waals surface area (Å²) in [5.74, 6) is 0.745. The third kappa shape index (κ3) is 2.33. The average molecular weight is 227 g/mol. The third-order valence-electron chi connectivity index (χ3n) is 2.53. The van der Waals surface area contributed by atoms with Gasteiger partial charge in [0, 0.05) is 17.3 Å². The molecule has 0 bridgehead atoms. The zero-order chi connectivity index (χ0) is 12.3. The van der Waals surface area contributed by atoms with Crippen LogP contribution in [0.15, 0.2) is 42.6 Å². The van der Waals surface area contributed by atoms with Gasteiger partial charge in [-0.25, -0.2) is 0 Å². The molecular formula is C14H13NO2. The van der Waals surface area contributed by atoms with E-state index in [0.29, 0.717) is 11.3 Å². The number of Topliss-reactive ketones (excluding diaryl/α,β-unsaturated/α-hetero) is 1. The molecule has 0 aliphatic carbocycles. The molecule has 0 saturated heterocycles. The van der Waals surface area contributed by atoms with Crippen molar-refractivity contribution in [2.24, 2.45) is 0 Å². The largest absolute Gasteiger partial charge is 0.494 e. The van der Waals surface area contributed by atoms with E-state index >= 15 is 0 Å². The predicted molar refractivity (Wildman–Crippen MR) is 66.2 cm³/mol. The number of benzene rings is 1. The highest BCUT2D eigenvalue weighted by Crippen LogP contribution is 2.27. The van der Waals surface area contributed by atoms with Crippen LogP contribution in [0.25, 0.3) is 11.3 Å². The molecule has 0 saturated carbocycles. The molecule has 86 valence electrons. The van der Waals surface area contributed by atoms with Crippen molar-refractivity contribution < 1.29 is 9.53 Å². The lowest BCUT2D eigenvalue weighted by atomic mass is 10.0. The normalized spacial score (nSPS) is 10.0. The first-order chi connectivity index (χ1) is 8.22. The van der Waals surface area contributed by atoms with Gasteiger partial charge in [-0.2, -0.15) is 0 Å². The highest BCUT2D eigenvalue weighted by molar-refractivity contribution is 5.95. The third-order valence-corrected chi connectivity index (χ3v) is 2.53. The van der Waals surface area contributed by atoms with E-state index in [0.717, 1.165) is 11.3 Å². The summed E-state index contributed by atoms with van der Waals surface area (Å²) in [5, 5.41) is 0. The molecule has 0 aliphatic rings. The standard InChI is InChI=1S/C14H13NO2/c1-10(16)11-5-3-6-12(9-11)14-13(17-2)7-4-8-15-14/h3-9H,1-2H3. The number of ketones is 1. The lowest BCUT2D eigenvalue weighted by molar-refractivity contribution is 0.101. The first kappa shape index (κ1) is 11.3. The Labute approximate surface area is 100 Å². The van der Waals surface area contributed by atoms with Crippen molar-refractivity contribution in [2.75, 3.05) is 7.11 Å². The summed E-state index contributed by atoms with van der Waals surface area (Å²) in [4.78, 5) is 15.6. The Bertz CT molecular complexity index is 549. The van der Waals surface area contributed by atoms with Crippen LogP contribution in [0.1, 0.15) is 17.3 Å². The fourth-order valence-corrected chi connectivity index (χ4v) is 1.66. The van der Waals surface area contributed by atoms with Crippen LogP contribution in [0.2, 0.25) is 0 Å². The number of rotatable bonds is 3. The minimum Gasteiger partial charge on any atom is -0.494 e. The van der Waals surface area contributed by atoms with E-state index in [4.69, 9.17) is 4.74 Å². The lowest BCUT2D eigenvalue weighted by Crippen LogP contribution is -1.94. The first-order valence-electron chi connectivity index (χ1n) is 5.33. The number of nitrogens with zero attached hydrogens (tertiary/aromatic N) is 1. The van der Waals surface area contributed by atoms with Crippen molar-refractivity contribution >= 4 is 5.78 Å². The number of ether oxygens (including phenoxy) is 1. The minimum atomic E-state index is 0.0433. The maximum Gasteiger partial charge on any atom is 0.159 e. The van der Waals surface area contributed by atoms with Crippen molar-refractivity contribution in [3.63, 3.8) is 0 Å². The van der Waals surface area contributed by atoms with E-state index in [1.807, 2.05) is 30.3 Å². The van der Waals surface area contributed by atoms with Crippen molar-refractivity contribution in [2.45, 2.75) is 6.92 Å². The molecule has 0 unspecified atom stereocenters. The Morgan fingerprint density at radius 3 is 2.76 bits per heavy atom. The zero-order valence-corrected chi connectivity index (χ0v) is 9.81. The van der Waals surface area contributed by atoms with E-state index in [-0.39, 0.29) is 5.78 Å². The van der Waals surface area contributed by atoms with Crippen LogP contribution in [0, 0.1) is 0 Å². The number of carbonyl (C=O) groups excluding carboxylic acids is 1. The van der Waals surface area contributed by atoms with E-state index in [1.165, 1.54) is 0 Å². The monoisotopic (exact) mass is 227 g/mol. The molecule has 17 heavy (non-hydrogen) atoms. The van der Waals surface area contributed by atoms with Crippen LogP contribution >= 0.6 is 0 Å². The second-order valence-corrected chi connectivity index (χ2v) is 3.69. The molecule has 3 heteroatoms.